The minimum Gasteiger partial charge on any atom is -0.493 e. The summed E-state index contributed by atoms with van der Waals surface area (Å²) in [5.41, 5.74) is 1.20. The molecule has 17 heavy (non-hydrogen) atoms. The van der Waals surface area contributed by atoms with Crippen molar-refractivity contribution in [2.75, 3.05) is 7.11 Å². The van der Waals surface area contributed by atoms with Crippen molar-refractivity contribution in [3.63, 3.8) is 0 Å². The van der Waals surface area contributed by atoms with Crippen molar-refractivity contribution in [2.45, 2.75) is 45.6 Å². The van der Waals surface area contributed by atoms with E-state index >= 15 is 0 Å². The second-order valence-electron chi connectivity index (χ2n) is 5.15. The van der Waals surface area contributed by atoms with Gasteiger partial charge in [-0.05, 0) is 56.2 Å². The molecule has 0 bridgehead atoms. The van der Waals surface area contributed by atoms with Crippen LogP contribution in [0.1, 0.15) is 38.2 Å². The lowest BCUT2D eigenvalue weighted by atomic mass is 9.89. The van der Waals surface area contributed by atoms with E-state index in [1.165, 1.54) is 18.4 Å². The third-order valence-corrected chi connectivity index (χ3v) is 3.58. The van der Waals surface area contributed by atoms with Crippen LogP contribution < -0.4 is 9.47 Å². The van der Waals surface area contributed by atoms with Gasteiger partial charge in [0.15, 0.2) is 11.5 Å². The molecular formula is C15H22O2. The molecule has 0 unspecified atom stereocenters. The fraction of sp³-hybridized carbons (Fsp3) is 0.600. The Bertz CT molecular complexity index is 365. The van der Waals surface area contributed by atoms with E-state index in [1.807, 2.05) is 12.1 Å². The monoisotopic (exact) mass is 234 g/mol. The Morgan fingerprint density at radius 2 is 1.76 bits per heavy atom. The summed E-state index contributed by atoms with van der Waals surface area (Å²) < 4.78 is 11.4. The average Bonchev–Trinajstić information content (AvgIpc) is 2.34. The van der Waals surface area contributed by atoms with Gasteiger partial charge in [-0.2, -0.15) is 0 Å². The van der Waals surface area contributed by atoms with Gasteiger partial charge in [-0.3, -0.25) is 0 Å². The Morgan fingerprint density at radius 3 is 2.41 bits per heavy atom. The maximum absolute atomic E-state index is 6.06. The highest BCUT2D eigenvalue weighted by molar-refractivity contribution is 5.42. The topological polar surface area (TPSA) is 18.5 Å². The standard InChI is InChI=1S/C15H22O2/c1-11-4-7-13(8-5-11)17-14-9-6-12(2)10-15(14)16-3/h6,9-11,13H,4-5,7-8H2,1-3H3/t11-,13-. The minimum absolute atomic E-state index is 0.364. The van der Waals surface area contributed by atoms with E-state index in [1.54, 1.807) is 7.11 Å². The summed E-state index contributed by atoms with van der Waals surface area (Å²) in [5, 5.41) is 0. The highest BCUT2D eigenvalue weighted by Crippen LogP contribution is 2.32. The third kappa shape index (κ3) is 3.15. The quantitative estimate of drug-likeness (QED) is 0.788. The maximum Gasteiger partial charge on any atom is 0.161 e. The first-order chi connectivity index (χ1) is 8.19. The van der Waals surface area contributed by atoms with Crippen LogP contribution in [0, 0.1) is 12.8 Å². The van der Waals surface area contributed by atoms with Gasteiger partial charge in [-0.25, -0.2) is 0 Å². The molecule has 1 aromatic rings. The van der Waals surface area contributed by atoms with Crippen LogP contribution in [-0.4, -0.2) is 13.2 Å². The number of hydrogen-bond acceptors (Lipinski definition) is 2. The van der Waals surface area contributed by atoms with Gasteiger partial charge in [0, 0.05) is 0 Å². The van der Waals surface area contributed by atoms with E-state index in [9.17, 15) is 0 Å². The fourth-order valence-corrected chi connectivity index (χ4v) is 2.40. The summed E-state index contributed by atoms with van der Waals surface area (Å²) in [6, 6.07) is 6.12. The summed E-state index contributed by atoms with van der Waals surface area (Å²) in [6.07, 6.45) is 5.25. The lowest BCUT2D eigenvalue weighted by Gasteiger charge is -2.27. The molecular weight excluding hydrogens is 212 g/mol. The zero-order chi connectivity index (χ0) is 12.3. The first-order valence-electron chi connectivity index (χ1n) is 6.50. The number of ether oxygens (including phenoxy) is 2. The van der Waals surface area contributed by atoms with Gasteiger partial charge in [0.25, 0.3) is 0 Å². The van der Waals surface area contributed by atoms with E-state index in [4.69, 9.17) is 9.47 Å². The van der Waals surface area contributed by atoms with Gasteiger partial charge in [0.1, 0.15) is 0 Å². The van der Waals surface area contributed by atoms with Gasteiger partial charge < -0.3 is 9.47 Å². The van der Waals surface area contributed by atoms with Crippen molar-refractivity contribution in [3.05, 3.63) is 23.8 Å². The summed E-state index contributed by atoms with van der Waals surface area (Å²) in [6.45, 7) is 4.39. The molecule has 0 heterocycles. The van der Waals surface area contributed by atoms with Crippen LogP contribution in [0.2, 0.25) is 0 Å². The van der Waals surface area contributed by atoms with Crippen molar-refractivity contribution < 1.29 is 9.47 Å². The molecule has 0 spiro atoms. The van der Waals surface area contributed by atoms with Crippen molar-refractivity contribution in [3.8, 4) is 11.5 Å². The first kappa shape index (κ1) is 12.3. The van der Waals surface area contributed by atoms with Gasteiger partial charge in [0.2, 0.25) is 0 Å². The van der Waals surface area contributed by atoms with Crippen molar-refractivity contribution in [1.82, 2.24) is 0 Å². The molecule has 94 valence electrons. The van der Waals surface area contributed by atoms with Crippen LogP contribution in [0.4, 0.5) is 0 Å². The molecule has 0 N–H and O–H groups in total. The minimum atomic E-state index is 0.364. The molecule has 1 aliphatic rings. The zero-order valence-electron chi connectivity index (χ0n) is 11.0. The molecule has 0 atom stereocenters. The third-order valence-electron chi connectivity index (χ3n) is 3.58. The van der Waals surface area contributed by atoms with Crippen molar-refractivity contribution in [2.24, 2.45) is 5.92 Å². The fourth-order valence-electron chi connectivity index (χ4n) is 2.40. The molecule has 2 heteroatoms. The Hall–Kier alpha value is -1.18. The smallest absolute Gasteiger partial charge is 0.161 e. The van der Waals surface area contributed by atoms with Gasteiger partial charge in [0.05, 0.1) is 13.2 Å². The van der Waals surface area contributed by atoms with Crippen LogP contribution in [0.3, 0.4) is 0 Å². The molecule has 0 aliphatic heterocycles. The number of aryl methyl sites for hydroxylation is 1. The number of rotatable bonds is 3. The van der Waals surface area contributed by atoms with Gasteiger partial charge >= 0.3 is 0 Å². The molecule has 1 aromatic carbocycles. The highest BCUT2D eigenvalue weighted by Gasteiger charge is 2.20. The molecule has 0 amide bonds. The van der Waals surface area contributed by atoms with Crippen LogP contribution in [0.15, 0.2) is 18.2 Å². The molecule has 0 aromatic heterocycles. The van der Waals surface area contributed by atoms with Crippen molar-refractivity contribution in [1.29, 1.82) is 0 Å². The Balaban J connectivity index is 2.03. The Kier molecular flexibility index (Phi) is 3.93. The average molecular weight is 234 g/mol. The summed E-state index contributed by atoms with van der Waals surface area (Å²) >= 11 is 0. The van der Waals surface area contributed by atoms with E-state index in [0.29, 0.717) is 6.10 Å². The van der Waals surface area contributed by atoms with E-state index < -0.39 is 0 Å². The highest BCUT2D eigenvalue weighted by atomic mass is 16.5. The largest absolute Gasteiger partial charge is 0.493 e. The molecule has 0 saturated heterocycles. The predicted molar refractivity (Wildman–Crippen MR) is 69.8 cm³/mol. The molecule has 1 aliphatic carbocycles. The number of hydrogen-bond donors (Lipinski definition) is 0. The van der Waals surface area contributed by atoms with E-state index in [2.05, 4.69) is 19.9 Å². The lowest BCUT2D eigenvalue weighted by Crippen LogP contribution is -2.23. The molecule has 0 radical (unpaired) electrons. The van der Waals surface area contributed by atoms with Crippen LogP contribution >= 0.6 is 0 Å². The van der Waals surface area contributed by atoms with Crippen molar-refractivity contribution >= 4 is 0 Å². The molecule has 1 fully saturated rings. The number of benzene rings is 1. The Morgan fingerprint density at radius 1 is 1.06 bits per heavy atom. The summed E-state index contributed by atoms with van der Waals surface area (Å²) in [5.74, 6) is 2.59. The first-order valence-corrected chi connectivity index (χ1v) is 6.50. The second-order valence-corrected chi connectivity index (χ2v) is 5.15. The van der Waals surface area contributed by atoms with Crippen LogP contribution in [0.25, 0.3) is 0 Å². The van der Waals surface area contributed by atoms with Gasteiger partial charge in [-0.15, -0.1) is 0 Å². The SMILES string of the molecule is COc1cc(C)ccc1O[C@H]1CC[C@H](C)CC1. The number of methoxy groups -OCH3 is 1. The molecule has 2 nitrogen and oxygen atoms in total. The Labute approximate surface area is 104 Å². The lowest BCUT2D eigenvalue weighted by molar-refractivity contribution is 0.131. The normalized spacial score (nSPS) is 24.4. The van der Waals surface area contributed by atoms with E-state index in [-0.39, 0.29) is 0 Å². The predicted octanol–water partition coefficient (Wildman–Crippen LogP) is 3.96. The molecule has 2 rings (SSSR count). The molecule has 1 saturated carbocycles. The van der Waals surface area contributed by atoms with Gasteiger partial charge in [-0.1, -0.05) is 13.0 Å². The van der Waals surface area contributed by atoms with E-state index in [0.717, 1.165) is 30.3 Å². The van der Waals surface area contributed by atoms with Crippen LogP contribution in [0.5, 0.6) is 11.5 Å². The van der Waals surface area contributed by atoms with Crippen LogP contribution in [-0.2, 0) is 0 Å². The summed E-state index contributed by atoms with van der Waals surface area (Å²) in [4.78, 5) is 0. The second kappa shape index (κ2) is 5.44. The zero-order valence-corrected chi connectivity index (χ0v) is 11.0. The summed E-state index contributed by atoms with van der Waals surface area (Å²) in [7, 11) is 1.70. The maximum atomic E-state index is 6.06.